The van der Waals surface area contributed by atoms with E-state index in [0.717, 1.165) is 12.1 Å². The summed E-state index contributed by atoms with van der Waals surface area (Å²) < 4.78 is 13.1. The van der Waals surface area contributed by atoms with E-state index in [-0.39, 0.29) is 10.8 Å². The Morgan fingerprint density at radius 3 is 3.11 bits per heavy atom. The van der Waals surface area contributed by atoms with Gasteiger partial charge in [-0.1, -0.05) is 17.7 Å². The van der Waals surface area contributed by atoms with E-state index in [1.165, 1.54) is 35.8 Å². The maximum Gasteiger partial charge on any atom is 0.141 e. The molecule has 1 N–H and O–H groups in total. The fourth-order valence-electron chi connectivity index (χ4n) is 2.59. The lowest BCUT2D eigenvalue weighted by atomic mass is 9.94. The summed E-state index contributed by atoms with van der Waals surface area (Å²) in [6.07, 6.45) is 3.60. The van der Waals surface area contributed by atoms with Crippen molar-refractivity contribution in [2.75, 3.05) is 0 Å². The van der Waals surface area contributed by atoms with Crippen LogP contribution < -0.4 is 5.32 Å². The molecular formula is C15H15ClFNS. The van der Waals surface area contributed by atoms with E-state index >= 15 is 0 Å². The molecule has 1 aromatic heterocycles. The van der Waals surface area contributed by atoms with Gasteiger partial charge in [-0.25, -0.2) is 4.39 Å². The largest absolute Gasteiger partial charge is 0.306 e. The molecule has 0 aliphatic heterocycles. The number of hydrogen-bond donors (Lipinski definition) is 1. The van der Waals surface area contributed by atoms with Crippen molar-refractivity contribution in [1.29, 1.82) is 0 Å². The Labute approximate surface area is 121 Å². The summed E-state index contributed by atoms with van der Waals surface area (Å²) in [6, 6.07) is 7.54. The second-order valence-corrected chi connectivity index (χ2v) is 6.28. The third-order valence-corrected chi connectivity index (χ3v) is 4.87. The molecule has 0 bridgehead atoms. The maximum atomic E-state index is 13.1. The smallest absolute Gasteiger partial charge is 0.141 e. The van der Waals surface area contributed by atoms with Gasteiger partial charge in [0.15, 0.2) is 0 Å². The normalized spacial score (nSPS) is 18.3. The Bertz CT molecular complexity index is 581. The second kappa shape index (κ2) is 5.61. The molecule has 1 atom stereocenters. The fourth-order valence-corrected chi connectivity index (χ4v) is 3.78. The van der Waals surface area contributed by atoms with E-state index in [1.54, 1.807) is 12.1 Å². The van der Waals surface area contributed by atoms with Gasteiger partial charge in [-0.3, -0.25) is 0 Å². The van der Waals surface area contributed by atoms with Crippen LogP contribution in [-0.2, 0) is 13.0 Å². The SMILES string of the molecule is Fc1ccc(CNC2CCCc3sccc32)cc1Cl. The van der Waals surface area contributed by atoms with E-state index in [9.17, 15) is 4.39 Å². The van der Waals surface area contributed by atoms with E-state index < -0.39 is 0 Å². The highest BCUT2D eigenvalue weighted by Gasteiger charge is 2.20. The summed E-state index contributed by atoms with van der Waals surface area (Å²) in [5.41, 5.74) is 2.46. The number of benzene rings is 1. The van der Waals surface area contributed by atoms with Crippen LogP contribution in [0.3, 0.4) is 0 Å². The minimum absolute atomic E-state index is 0.194. The number of nitrogens with one attached hydrogen (secondary N) is 1. The zero-order valence-corrected chi connectivity index (χ0v) is 12.0. The molecule has 0 saturated heterocycles. The van der Waals surface area contributed by atoms with Gasteiger partial charge in [-0.15, -0.1) is 11.3 Å². The first-order valence-corrected chi connectivity index (χ1v) is 7.73. The van der Waals surface area contributed by atoms with Crippen molar-refractivity contribution in [2.24, 2.45) is 0 Å². The Morgan fingerprint density at radius 2 is 2.26 bits per heavy atom. The molecule has 100 valence electrons. The summed E-state index contributed by atoms with van der Waals surface area (Å²) in [7, 11) is 0. The highest BCUT2D eigenvalue weighted by Crippen LogP contribution is 2.33. The molecule has 0 amide bonds. The predicted molar refractivity (Wildman–Crippen MR) is 78.2 cm³/mol. The standard InChI is InChI=1S/C15H15ClFNS/c16-12-8-10(4-5-13(12)17)9-18-14-2-1-3-15-11(14)6-7-19-15/h4-8,14,18H,1-3,9H2. The molecule has 0 spiro atoms. The highest BCUT2D eigenvalue weighted by molar-refractivity contribution is 7.10. The van der Waals surface area contributed by atoms with Gasteiger partial charge in [0.1, 0.15) is 5.82 Å². The van der Waals surface area contributed by atoms with Crippen molar-refractivity contribution >= 4 is 22.9 Å². The van der Waals surface area contributed by atoms with Crippen LogP contribution in [0.5, 0.6) is 0 Å². The van der Waals surface area contributed by atoms with Gasteiger partial charge in [0.05, 0.1) is 5.02 Å². The van der Waals surface area contributed by atoms with Crippen molar-refractivity contribution in [1.82, 2.24) is 5.32 Å². The third kappa shape index (κ3) is 2.83. The van der Waals surface area contributed by atoms with Crippen molar-refractivity contribution in [3.63, 3.8) is 0 Å². The molecule has 4 heteroatoms. The van der Waals surface area contributed by atoms with E-state index in [0.29, 0.717) is 6.04 Å². The van der Waals surface area contributed by atoms with Gasteiger partial charge in [0.25, 0.3) is 0 Å². The number of hydrogen-bond acceptors (Lipinski definition) is 2. The zero-order chi connectivity index (χ0) is 13.2. The van der Waals surface area contributed by atoms with E-state index in [4.69, 9.17) is 11.6 Å². The summed E-state index contributed by atoms with van der Waals surface area (Å²) in [4.78, 5) is 1.50. The van der Waals surface area contributed by atoms with E-state index in [2.05, 4.69) is 16.8 Å². The van der Waals surface area contributed by atoms with Crippen LogP contribution in [-0.4, -0.2) is 0 Å². The lowest BCUT2D eigenvalue weighted by Gasteiger charge is -2.24. The molecule has 2 aromatic rings. The molecule has 1 nitrogen and oxygen atoms in total. The van der Waals surface area contributed by atoms with Crippen LogP contribution in [0.25, 0.3) is 0 Å². The maximum absolute atomic E-state index is 13.1. The van der Waals surface area contributed by atoms with Gasteiger partial charge in [-0.2, -0.15) is 0 Å². The van der Waals surface area contributed by atoms with Crippen LogP contribution in [0.2, 0.25) is 5.02 Å². The first-order chi connectivity index (χ1) is 9.24. The van der Waals surface area contributed by atoms with Crippen molar-refractivity contribution in [3.05, 3.63) is 56.5 Å². The highest BCUT2D eigenvalue weighted by atomic mass is 35.5. The fraction of sp³-hybridized carbons (Fsp3) is 0.333. The molecule has 0 radical (unpaired) electrons. The Balaban J connectivity index is 1.69. The van der Waals surface area contributed by atoms with Crippen LogP contribution in [0.4, 0.5) is 4.39 Å². The number of aryl methyl sites for hydroxylation is 1. The van der Waals surface area contributed by atoms with Gasteiger partial charge in [-0.05, 0) is 54.0 Å². The zero-order valence-electron chi connectivity index (χ0n) is 10.5. The summed E-state index contributed by atoms with van der Waals surface area (Å²) in [5, 5.41) is 5.91. The van der Waals surface area contributed by atoms with Crippen molar-refractivity contribution in [3.8, 4) is 0 Å². The predicted octanol–water partition coefficient (Wildman–Crippen LogP) is 4.71. The minimum atomic E-state index is -0.358. The molecule has 1 aliphatic carbocycles. The molecule has 1 aliphatic rings. The van der Waals surface area contributed by atoms with Gasteiger partial charge >= 0.3 is 0 Å². The molecule has 0 saturated carbocycles. The number of halogens is 2. The first-order valence-electron chi connectivity index (χ1n) is 6.47. The molecule has 1 unspecified atom stereocenters. The van der Waals surface area contributed by atoms with E-state index in [1.807, 2.05) is 11.3 Å². The Morgan fingerprint density at radius 1 is 1.37 bits per heavy atom. The monoisotopic (exact) mass is 295 g/mol. The molecule has 19 heavy (non-hydrogen) atoms. The van der Waals surface area contributed by atoms with Crippen LogP contribution >= 0.6 is 22.9 Å². The van der Waals surface area contributed by atoms with Crippen LogP contribution in [0.15, 0.2) is 29.6 Å². The number of thiophene rings is 1. The summed E-state index contributed by atoms with van der Waals surface area (Å²) >= 11 is 7.64. The average Bonchev–Trinajstić information content (AvgIpc) is 2.89. The molecule has 1 aromatic carbocycles. The first kappa shape index (κ1) is 13.1. The van der Waals surface area contributed by atoms with Crippen LogP contribution in [0.1, 0.15) is 34.9 Å². The second-order valence-electron chi connectivity index (χ2n) is 4.87. The molecule has 0 fully saturated rings. The van der Waals surface area contributed by atoms with Gasteiger partial charge in [0.2, 0.25) is 0 Å². The van der Waals surface area contributed by atoms with Crippen LogP contribution in [0, 0.1) is 5.82 Å². The van der Waals surface area contributed by atoms with Gasteiger partial charge in [0, 0.05) is 17.5 Å². The van der Waals surface area contributed by atoms with Crippen molar-refractivity contribution < 1.29 is 4.39 Å². The minimum Gasteiger partial charge on any atom is -0.306 e. The Hall–Kier alpha value is -0.900. The lowest BCUT2D eigenvalue weighted by molar-refractivity contribution is 0.463. The number of rotatable bonds is 3. The molecular weight excluding hydrogens is 281 g/mol. The number of fused-ring (bicyclic) bond motifs is 1. The average molecular weight is 296 g/mol. The van der Waals surface area contributed by atoms with Crippen molar-refractivity contribution in [2.45, 2.75) is 31.8 Å². The summed E-state index contributed by atoms with van der Waals surface area (Å²) in [6.45, 7) is 0.722. The molecule has 3 rings (SSSR count). The topological polar surface area (TPSA) is 12.0 Å². The lowest BCUT2D eigenvalue weighted by Crippen LogP contribution is -2.23. The Kier molecular flexibility index (Phi) is 3.87. The quantitative estimate of drug-likeness (QED) is 0.865. The summed E-state index contributed by atoms with van der Waals surface area (Å²) in [5.74, 6) is -0.358. The molecule has 1 heterocycles. The third-order valence-electron chi connectivity index (χ3n) is 3.59. The van der Waals surface area contributed by atoms with Gasteiger partial charge < -0.3 is 5.32 Å².